The number of halogens is 1. The molecule has 0 N–H and O–H groups in total. The van der Waals surface area contributed by atoms with Gasteiger partial charge in [0.15, 0.2) is 0 Å². The van der Waals surface area contributed by atoms with Gasteiger partial charge in [-0.15, -0.1) is 0 Å². The Bertz CT molecular complexity index is 301. The molecule has 0 aliphatic rings. The van der Waals surface area contributed by atoms with Crippen molar-refractivity contribution in [3.63, 3.8) is 0 Å². The van der Waals surface area contributed by atoms with E-state index >= 15 is 0 Å². The third-order valence-electron chi connectivity index (χ3n) is 1.29. The van der Waals surface area contributed by atoms with E-state index in [0.717, 1.165) is 4.90 Å². The highest BCUT2D eigenvalue weighted by Gasteiger charge is 2.03. The van der Waals surface area contributed by atoms with Crippen LogP contribution < -0.4 is 0 Å². The number of rotatable bonds is 2. The van der Waals surface area contributed by atoms with Crippen LogP contribution in [0.1, 0.15) is 6.92 Å². The van der Waals surface area contributed by atoms with Crippen LogP contribution in [0.2, 0.25) is 0 Å². The first kappa shape index (κ1) is 11.3. The molecule has 4 heteroatoms. The first-order valence-corrected chi connectivity index (χ1v) is 6.13. The number of hydrogen-bond donors (Lipinski definition) is 0. The van der Waals surface area contributed by atoms with Crippen molar-refractivity contribution in [3.8, 4) is 0 Å². The van der Waals surface area contributed by atoms with Crippen molar-refractivity contribution in [3.05, 3.63) is 27.8 Å². The zero-order valence-corrected chi connectivity index (χ0v) is 10.9. The highest BCUT2D eigenvalue weighted by Crippen LogP contribution is 2.25. The van der Waals surface area contributed by atoms with Crippen molar-refractivity contribution in [1.82, 2.24) is 0 Å². The molecule has 0 saturated heterocycles. The second-order valence-corrected chi connectivity index (χ2v) is 5.02. The molecule has 0 amide bonds. The Balaban J connectivity index is 2.63. The molecule has 0 spiro atoms. The first-order chi connectivity index (χ1) is 6.24. The average molecular weight is 324 g/mol. The van der Waals surface area contributed by atoms with E-state index in [4.69, 9.17) is 17.0 Å². The molecule has 13 heavy (non-hydrogen) atoms. The minimum atomic E-state index is 0.589. The van der Waals surface area contributed by atoms with Gasteiger partial charge < -0.3 is 4.74 Å². The summed E-state index contributed by atoms with van der Waals surface area (Å²) in [5, 5.41) is 0. The predicted octanol–water partition coefficient (Wildman–Crippen LogP) is 3.70. The molecule has 0 bridgehead atoms. The van der Waals surface area contributed by atoms with Gasteiger partial charge in [0.2, 0.25) is 4.38 Å². The van der Waals surface area contributed by atoms with Gasteiger partial charge >= 0.3 is 0 Å². The largest absolute Gasteiger partial charge is 0.479 e. The van der Waals surface area contributed by atoms with Gasteiger partial charge in [-0.1, -0.05) is 12.1 Å². The molecule has 0 heterocycles. The van der Waals surface area contributed by atoms with E-state index in [1.807, 2.05) is 25.1 Å². The summed E-state index contributed by atoms with van der Waals surface area (Å²) in [4.78, 5) is 1.15. The zero-order chi connectivity index (χ0) is 9.68. The van der Waals surface area contributed by atoms with Gasteiger partial charge in [-0.3, -0.25) is 0 Å². The van der Waals surface area contributed by atoms with Crippen LogP contribution in [-0.2, 0) is 4.74 Å². The van der Waals surface area contributed by atoms with E-state index in [-0.39, 0.29) is 0 Å². The lowest BCUT2D eigenvalue weighted by atomic mass is 10.4. The Labute approximate surface area is 101 Å². The lowest BCUT2D eigenvalue weighted by Crippen LogP contribution is -1.95. The van der Waals surface area contributed by atoms with Gasteiger partial charge in [-0.05, 0) is 65.6 Å². The predicted molar refractivity (Wildman–Crippen MR) is 69.2 cm³/mol. The minimum Gasteiger partial charge on any atom is -0.479 e. The molecule has 70 valence electrons. The topological polar surface area (TPSA) is 9.23 Å². The van der Waals surface area contributed by atoms with E-state index in [1.165, 1.54) is 15.3 Å². The van der Waals surface area contributed by atoms with Crippen LogP contribution in [0, 0.1) is 3.57 Å². The van der Waals surface area contributed by atoms with Crippen LogP contribution in [0.3, 0.4) is 0 Å². The van der Waals surface area contributed by atoms with Crippen molar-refractivity contribution in [2.24, 2.45) is 0 Å². The van der Waals surface area contributed by atoms with Crippen molar-refractivity contribution in [2.75, 3.05) is 6.61 Å². The maximum Gasteiger partial charge on any atom is 0.224 e. The first-order valence-electron chi connectivity index (χ1n) is 3.83. The quantitative estimate of drug-likeness (QED) is 0.466. The van der Waals surface area contributed by atoms with E-state index < -0.39 is 0 Å². The molecule has 0 saturated carbocycles. The number of ether oxygens (including phenoxy) is 1. The summed E-state index contributed by atoms with van der Waals surface area (Å²) >= 11 is 8.81. The van der Waals surface area contributed by atoms with Crippen LogP contribution >= 0.6 is 46.6 Å². The fraction of sp³-hybridized carbons (Fsp3) is 0.222. The van der Waals surface area contributed by atoms with E-state index in [2.05, 4.69) is 28.7 Å². The van der Waals surface area contributed by atoms with Crippen molar-refractivity contribution >= 4 is 51.0 Å². The Morgan fingerprint density at radius 2 is 2.23 bits per heavy atom. The van der Waals surface area contributed by atoms with Crippen LogP contribution in [-0.4, -0.2) is 11.0 Å². The summed E-state index contributed by atoms with van der Waals surface area (Å²) < 4.78 is 6.98. The molecule has 0 aliphatic carbocycles. The SMILES string of the molecule is CCOC(=S)Sc1ccccc1I. The molecule has 0 unspecified atom stereocenters. The molecule has 1 aromatic carbocycles. The maximum atomic E-state index is 5.19. The van der Waals surface area contributed by atoms with E-state index in [9.17, 15) is 0 Å². The van der Waals surface area contributed by atoms with Crippen LogP contribution in [0.15, 0.2) is 29.2 Å². The minimum absolute atomic E-state index is 0.589. The fourth-order valence-electron chi connectivity index (χ4n) is 0.765. The summed E-state index contributed by atoms with van der Waals surface area (Å²) in [5.41, 5.74) is 0. The molecular weight excluding hydrogens is 315 g/mol. The van der Waals surface area contributed by atoms with Crippen molar-refractivity contribution in [2.45, 2.75) is 11.8 Å². The average Bonchev–Trinajstić information content (AvgIpc) is 2.09. The Hall–Kier alpha value is 0.190. The standard InChI is InChI=1S/C9H9IOS2/c1-2-11-9(12)13-8-6-4-3-5-7(8)10/h3-6H,2H2,1H3. The molecular formula is C9H9IOS2. The monoisotopic (exact) mass is 324 g/mol. The van der Waals surface area contributed by atoms with Gasteiger partial charge in [-0.2, -0.15) is 0 Å². The lowest BCUT2D eigenvalue weighted by Gasteiger charge is -2.05. The van der Waals surface area contributed by atoms with Crippen LogP contribution in [0.25, 0.3) is 0 Å². The van der Waals surface area contributed by atoms with Gasteiger partial charge in [0.25, 0.3) is 0 Å². The van der Waals surface area contributed by atoms with Gasteiger partial charge in [-0.25, -0.2) is 0 Å². The van der Waals surface area contributed by atoms with Gasteiger partial charge in [0.1, 0.15) is 0 Å². The fourth-order valence-corrected chi connectivity index (χ4v) is 2.54. The summed E-state index contributed by atoms with van der Waals surface area (Å²) in [6, 6.07) is 8.10. The summed E-state index contributed by atoms with van der Waals surface area (Å²) in [6.07, 6.45) is 0. The summed E-state index contributed by atoms with van der Waals surface area (Å²) in [7, 11) is 0. The number of benzene rings is 1. The van der Waals surface area contributed by atoms with Gasteiger partial charge in [0, 0.05) is 8.47 Å². The molecule has 0 fully saturated rings. The lowest BCUT2D eigenvalue weighted by molar-refractivity contribution is 0.346. The van der Waals surface area contributed by atoms with Crippen molar-refractivity contribution in [1.29, 1.82) is 0 Å². The van der Waals surface area contributed by atoms with E-state index in [0.29, 0.717) is 11.0 Å². The highest BCUT2D eigenvalue weighted by atomic mass is 127. The van der Waals surface area contributed by atoms with Crippen LogP contribution in [0.5, 0.6) is 0 Å². The molecule has 1 nitrogen and oxygen atoms in total. The second-order valence-electron chi connectivity index (χ2n) is 2.22. The van der Waals surface area contributed by atoms with E-state index in [1.54, 1.807) is 0 Å². The van der Waals surface area contributed by atoms with Crippen LogP contribution in [0.4, 0.5) is 0 Å². The second kappa shape index (κ2) is 5.82. The molecule has 1 rings (SSSR count). The molecule has 0 atom stereocenters. The number of hydrogen-bond acceptors (Lipinski definition) is 3. The summed E-state index contributed by atoms with van der Waals surface area (Å²) in [6.45, 7) is 2.57. The maximum absolute atomic E-state index is 5.19. The Morgan fingerprint density at radius 1 is 1.54 bits per heavy atom. The molecule has 0 radical (unpaired) electrons. The molecule has 1 aromatic rings. The highest BCUT2D eigenvalue weighted by molar-refractivity contribution is 14.1. The third kappa shape index (κ3) is 3.83. The summed E-state index contributed by atoms with van der Waals surface area (Å²) in [5.74, 6) is 0. The number of thioether (sulfide) groups is 1. The normalized spacial score (nSPS) is 9.69. The van der Waals surface area contributed by atoms with Crippen molar-refractivity contribution < 1.29 is 4.74 Å². The molecule has 0 aliphatic heterocycles. The Morgan fingerprint density at radius 3 is 2.85 bits per heavy atom. The third-order valence-corrected chi connectivity index (χ3v) is 3.83. The smallest absolute Gasteiger partial charge is 0.224 e. The van der Waals surface area contributed by atoms with Gasteiger partial charge in [0.05, 0.1) is 6.61 Å². The zero-order valence-electron chi connectivity index (χ0n) is 7.12. The molecule has 0 aromatic heterocycles. The number of thiocarbonyl (C=S) groups is 1. The Kier molecular flexibility index (Phi) is 5.05.